The molecular weight excluding hydrogens is 292 g/mol. The fraction of sp³-hybridized carbons (Fsp3) is 0.733. The molecule has 1 fully saturated rings. The van der Waals surface area contributed by atoms with Crippen LogP contribution in [0.5, 0.6) is 0 Å². The molecule has 1 aliphatic carbocycles. The highest BCUT2D eigenvalue weighted by atomic mass is 19.3. The second-order valence-corrected chi connectivity index (χ2v) is 6.61. The maximum atomic E-state index is 13.5. The molecule has 1 aliphatic heterocycles. The van der Waals surface area contributed by atoms with Gasteiger partial charge in [0.2, 0.25) is 0 Å². The zero-order chi connectivity index (χ0) is 16.1. The molecule has 1 amide bonds. The van der Waals surface area contributed by atoms with Gasteiger partial charge in [0.25, 0.3) is 11.8 Å². The summed E-state index contributed by atoms with van der Waals surface area (Å²) in [5, 5.41) is 9.53. The standard InChI is InChI=1S/C15H21F2N3O2/c1-8-6-10-11(9(2)22-8)19-20-12(10)13(21)18-7-15(4-5-15)14(3,16)17/h8-9H,4-7H2,1-3H3,(H,18,21)(H,19,20)/t8-,9+/m1/s1. The molecule has 0 spiro atoms. The van der Waals surface area contributed by atoms with Crippen molar-refractivity contribution in [2.24, 2.45) is 5.41 Å². The minimum atomic E-state index is -2.78. The summed E-state index contributed by atoms with van der Waals surface area (Å²) in [5.41, 5.74) is 0.845. The van der Waals surface area contributed by atoms with E-state index in [4.69, 9.17) is 4.74 Å². The average Bonchev–Trinajstić information content (AvgIpc) is 3.10. The number of hydrogen-bond donors (Lipinski definition) is 2. The van der Waals surface area contributed by atoms with Gasteiger partial charge in [0, 0.05) is 18.5 Å². The normalized spacial score (nSPS) is 26.4. The molecule has 22 heavy (non-hydrogen) atoms. The lowest BCUT2D eigenvalue weighted by Gasteiger charge is -2.25. The van der Waals surface area contributed by atoms with Crippen molar-refractivity contribution in [3.8, 4) is 0 Å². The lowest BCUT2D eigenvalue weighted by Crippen LogP contribution is -2.39. The Balaban J connectivity index is 1.72. The molecule has 2 aliphatic rings. The van der Waals surface area contributed by atoms with E-state index in [1.807, 2.05) is 13.8 Å². The molecule has 1 saturated carbocycles. The van der Waals surface area contributed by atoms with E-state index in [1.165, 1.54) is 0 Å². The van der Waals surface area contributed by atoms with Crippen molar-refractivity contribution in [2.75, 3.05) is 6.54 Å². The van der Waals surface area contributed by atoms with Crippen LogP contribution in [0.15, 0.2) is 0 Å². The zero-order valence-electron chi connectivity index (χ0n) is 13.0. The molecule has 2 heterocycles. The second kappa shape index (κ2) is 5.01. The molecular formula is C15H21F2N3O2. The van der Waals surface area contributed by atoms with E-state index in [0.29, 0.717) is 25.0 Å². The fourth-order valence-electron chi connectivity index (χ4n) is 3.12. The average molecular weight is 313 g/mol. The van der Waals surface area contributed by atoms with Crippen molar-refractivity contribution in [3.05, 3.63) is 17.0 Å². The second-order valence-electron chi connectivity index (χ2n) is 6.61. The minimum absolute atomic E-state index is 0.00130. The number of aromatic nitrogens is 2. The number of carbonyl (C=O) groups is 1. The van der Waals surface area contributed by atoms with Gasteiger partial charge < -0.3 is 10.1 Å². The van der Waals surface area contributed by atoms with E-state index in [-0.39, 0.29) is 18.8 Å². The van der Waals surface area contributed by atoms with Gasteiger partial charge in [-0.05, 0) is 33.6 Å². The number of alkyl halides is 2. The number of nitrogens with zero attached hydrogens (tertiary/aromatic N) is 1. The van der Waals surface area contributed by atoms with Crippen LogP contribution >= 0.6 is 0 Å². The summed E-state index contributed by atoms with van der Waals surface area (Å²) in [6.45, 7) is 4.73. The first-order valence-corrected chi connectivity index (χ1v) is 7.62. The molecule has 5 nitrogen and oxygen atoms in total. The molecule has 7 heteroatoms. The molecule has 122 valence electrons. The summed E-state index contributed by atoms with van der Waals surface area (Å²) in [6.07, 6.45) is 1.33. The number of aromatic amines is 1. The molecule has 0 bridgehead atoms. The Labute approximate surface area is 127 Å². The molecule has 2 atom stereocenters. The van der Waals surface area contributed by atoms with Gasteiger partial charge in [-0.1, -0.05) is 0 Å². The van der Waals surface area contributed by atoms with Crippen LogP contribution in [0.25, 0.3) is 0 Å². The van der Waals surface area contributed by atoms with E-state index in [2.05, 4.69) is 15.5 Å². The van der Waals surface area contributed by atoms with Crippen LogP contribution in [0.3, 0.4) is 0 Å². The number of hydrogen-bond acceptors (Lipinski definition) is 3. The van der Waals surface area contributed by atoms with Crippen molar-refractivity contribution < 1.29 is 18.3 Å². The maximum Gasteiger partial charge on any atom is 0.272 e. The summed E-state index contributed by atoms with van der Waals surface area (Å²) >= 11 is 0. The number of rotatable bonds is 4. The quantitative estimate of drug-likeness (QED) is 0.898. The number of fused-ring (bicyclic) bond motifs is 1. The van der Waals surface area contributed by atoms with Gasteiger partial charge in [-0.15, -0.1) is 0 Å². The molecule has 2 N–H and O–H groups in total. The van der Waals surface area contributed by atoms with Crippen LogP contribution in [-0.2, 0) is 11.2 Å². The summed E-state index contributed by atoms with van der Waals surface area (Å²) < 4.78 is 32.8. The van der Waals surface area contributed by atoms with Gasteiger partial charge in [-0.2, -0.15) is 5.10 Å². The first-order chi connectivity index (χ1) is 10.2. The topological polar surface area (TPSA) is 67.0 Å². The highest BCUT2D eigenvalue weighted by molar-refractivity contribution is 5.94. The van der Waals surface area contributed by atoms with Crippen molar-refractivity contribution >= 4 is 5.91 Å². The number of carbonyl (C=O) groups excluding carboxylic acids is 1. The van der Waals surface area contributed by atoms with Gasteiger partial charge in [0.05, 0.1) is 23.3 Å². The first-order valence-electron chi connectivity index (χ1n) is 7.62. The first kappa shape index (κ1) is 15.4. The Bertz CT molecular complexity index is 590. The number of amides is 1. The van der Waals surface area contributed by atoms with Gasteiger partial charge in [0.15, 0.2) is 5.69 Å². The van der Waals surface area contributed by atoms with Crippen molar-refractivity contribution in [2.45, 2.75) is 58.2 Å². The highest BCUT2D eigenvalue weighted by Gasteiger charge is 2.58. The summed E-state index contributed by atoms with van der Waals surface area (Å²) in [6, 6.07) is 0. The summed E-state index contributed by atoms with van der Waals surface area (Å²) in [4.78, 5) is 12.3. The Morgan fingerprint density at radius 1 is 1.50 bits per heavy atom. The molecule has 0 aromatic carbocycles. The summed E-state index contributed by atoms with van der Waals surface area (Å²) in [7, 11) is 0. The third-order valence-electron chi connectivity index (χ3n) is 4.82. The SMILES string of the molecule is C[C@@H]1Cc2c(C(=O)NCC3(C(C)(F)F)CC3)n[nH]c2[C@H](C)O1. The van der Waals surface area contributed by atoms with E-state index in [1.54, 1.807) is 0 Å². The van der Waals surface area contributed by atoms with Crippen LogP contribution in [0.4, 0.5) is 8.78 Å². The molecule has 1 aromatic heterocycles. The van der Waals surface area contributed by atoms with Gasteiger partial charge in [-0.25, -0.2) is 8.78 Å². The van der Waals surface area contributed by atoms with Gasteiger partial charge in [0.1, 0.15) is 0 Å². The highest BCUT2D eigenvalue weighted by Crippen LogP contribution is 2.56. The number of H-pyrrole nitrogens is 1. The largest absolute Gasteiger partial charge is 0.369 e. The maximum absolute atomic E-state index is 13.5. The predicted molar refractivity (Wildman–Crippen MR) is 75.9 cm³/mol. The van der Waals surface area contributed by atoms with Gasteiger partial charge in [-0.3, -0.25) is 9.89 Å². The van der Waals surface area contributed by atoms with Gasteiger partial charge >= 0.3 is 0 Å². The predicted octanol–water partition coefficient (Wildman–Crippen LogP) is 2.60. The molecule has 0 radical (unpaired) electrons. The Kier molecular flexibility index (Phi) is 3.51. The van der Waals surface area contributed by atoms with E-state index >= 15 is 0 Å². The lowest BCUT2D eigenvalue weighted by atomic mass is 9.98. The zero-order valence-corrected chi connectivity index (χ0v) is 13.0. The van der Waals surface area contributed by atoms with Crippen molar-refractivity contribution in [1.29, 1.82) is 0 Å². The van der Waals surface area contributed by atoms with E-state index < -0.39 is 17.2 Å². The number of halogens is 2. The third kappa shape index (κ3) is 2.51. The summed E-state index contributed by atoms with van der Waals surface area (Å²) in [5.74, 6) is -3.17. The van der Waals surface area contributed by atoms with Crippen LogP contribution < -0.4 is 5.32 Å². The molecule has 0 saturated heterocycles. The van der Waals surface area contributed by atoms with Crippen LogP contribution in [0.1, 0.15) is 61.5 Å². The monoisotopic (exact) mass is 313 g/mol. The smallest absolute Gasteiger partial charge is 0.272 e. The Morgan fingerprint density at radius 3 is 2.77 bits per heavy atom. The van der Waals surface area contributed by atoms with E-state index in [0.717, 1.165) is 18.2 Å². The van der Waals surface area contributed by atoms with Crippen LogP contribution in [0.2, 0.25) is 0 Å². The fourth-order valence-corrected chi connectivity index (χ4v) is 3.12. The number of ether oxygens (including phenoxy) is 1. The Morgan fingerprint density at radius 2 is 2.18 bits per heavy atom. The van der Waals surface area contributed by atoms with Crippen LogP contribution in [0, 0.1) is 5.41 Å². The molecule has 3 rings (SSSR count). The van der Waals surface area contributed by atoms with E-state index in [9.17, 15) is 13.6 Å². The minimum Gasteiger partial charge on any atom is -0.369 e. The third-order valence-corrected chi connectivity index (χ3v) is 4.82. The van der Waals surface area contributed by atoms with Crippen LogP contribution in [-0.4, -0.2) is 34.7 Å². The molecule has 0 unspecified atom stereocenters. The van der Waals surface area contributed by atoms with Crippen molar-refractivity contribution in [3.63, 3.8) is 0 Å². The lowest BCUT2D eigenvalue weighted by molar-refractivity contribution is -0.0526. The van der Waals surface area contributed by atoms with Crippen molar-refractivity contribution in [1.82, 2.24) is 15.5 Å². The number of nitrogens with one attached hydrogen (secondary N) is 2. The molecule has 1 aromatic rings. The Hall–Kier alpha value is -1.50.